The Morgan fingerprint density at radius 3 is 2.46 bits per heavy atom. The van der Waals surface area contributed by atoms with Gasteiger partial charge in [0.2, 0.25) is 0 Å². The van der Waals surface area contributed by atoms with E-state index in [1.54, 1.807) is 16.3 Å². The van der Waals surface area contributed by atoms with Gasteiger partial charge in [0.05, 0.1) is 17.1 Å². The van der Waals surface area contributed by atoms with Crippen LogP contribution in [0.2, 0.25) is 0 Å². The summed E-state index contributed by atoms with van der Waals surface area (Å²) in [6.45, 7) is 4.48. The van der Waals surface area contributed by atoms with Crippen molar-refractivity contribution in [3.8, 4) is 5.75 Å². The van der Waals surface area contributed by atoms with Crippen molar-refractivity contribution >= 4 is 39.5 Å². The fourth-order valence-electron chi connectivity index (χ4n) is 4.66. The Morgan fingerprint density at radius 2 is 1.79 bits per heavy atom. The number of thioether (sulfide) groups is 1. The summed E-state index contributed by atoms with van der Waals surface area (Å²) in [5, 5.41) is 6.50. The van der Waals surface area contributed by atoms with Crippen molar-refractivity contribution in [2.24, 2.45) is 7.05 Å². The molecule has 1 fully saturated rings. The third kappa shape index (κ3) is 5.51. The van der Waals surface area contributed by atoms with E-state index in [1.165, 1.54) is 0 Å². The fourth-order valence-corrected chi connectivity index (χ4v) is 5.40. The lowest BCUT2D eigenvalue weighted by molar-refractivity contribution is -0.115. The van der Waals surface area contributed by atoms with Gasteiger partial charge in [-0.2, -0.15) is 5.10 Å². The Morgan fingerprint density at radius 1 is 1.05 bits per heavy atom. The minimum absolute atomic E-state index is 0.133. The van der Waals surface area contributed by atoms with Crippen molar-refractivity contribution < 1.29 is 14.3 Å². The van der Waals surface area contributed by atoms with Gasteiger partial charge in [-0.1, -0.05) is 55.8 Å². The first-order valence-electron chi connectivity index (χ1n) is 12.8. The summed E-state index contributed by atoms with van der Waals surface area (Å²) < 4.78 is 9.30. The van der Waals surface area contributed by atoms with Gasteiger partial charge in [0.25, 0.3) is 16.7 Å². The third-order valence-electron chi connectivity index (χ3n) is 6.61. The highest BCUT2D eigenvalue weighted by molar-refractivity contribution is 8.18. The van der Waals surface area contributed by atoms with E-state index >= 15 is 0 Å². The molecule has 39 heavy (non-hydrogen) atoms. The van der Waals surface area contributed by atoms with Crippen molar-refractivity contribution in [3.05, 3.63) is 92.5 Å². The van der Waals surface area contributed by atoms with Crippen LogP contribution in [0.3, 0.4) is 0 Å². The minimum atomic E-state index is -0.375. The van der Waals surface area contributed by atoms with Crippen LogP contribution in [0.1, 0.15) is 42.9 Å². The summed E-state index contributed by atoms with van der Waals surface area (Å²) in [6.07, 6.45) is 2.19. The largest absolute Gasteiger partial charge is 0.492 e. The Balaban J connectivity index is 1.38. The Kier molecular flexibility index (Phi) is 7.65. The monoisotopic (exact) mass is 543 g/mol. The number of amides is 2. The zero-order valence-electron chi connectivity index (χ0n) is 22.1. The number of ether oxygens (including phenoxy) is 1. The predicted molar refractivity (Wildman–Crippen MR) is 152 cm³/mol. The average Bonchev–Trinajstić information content (AvgIpc) is 3.43. The van der Waals surface area contributed by atoms with Crippen LogP contribution in [0.4, 0.5) is 4.79 Å². The van der Waals surface area contributed by atoms with E-state index in [2.05, 4.69) is 17.3 Å². The lowest BCUT2D eigenvalue weighted by Gasteiger charge is -2.14. The van der Waals surface area contributed by atoms with E-state index in [-0.39, 0.29) is 23.3 Å². The average molecular weight is 544 g/mol. The first-order valence-corrected chi connectivity index (χ1v) is 13.6. The number of hydrogen-bond donors (Lipinski definition) is 1. The molecule has 1 N–H and O–H groups in total. The lowest BCUT2D eigenvalue weighted by atomic mass is 10.1. The molecule has 0 atom stereocenters. The van der Waals surface area contributed by atoms with E-state index in [0.717, 1.165) is 47.0 Å². The molecule has 2 aromatic heterocycles. The second kappa shape index (κ2) is 11.3. The summed E-state index contributed by atoms with van der Waals surface area (Å²) >= 11 is 0.906. The number of hydrogen-bond acceptors (Lipinski definition) is 7. The van der Waals surface area contributed by atoms with Gasteiger partial charge in [-0.15, -0.1) is 0 Å². The molecule has 10 heteroatoms. The number of aryl methyl sites for hydroxylation is 2. The maximum absolute atomic E-state index is 13.7. The molecule has 5 rings (SSSR count). The van der Waals surface area contributed by atoms with Crippen LogP contribution < -0.4 is 15.6 Å². The van der Waals surface area contributed by atoms with Crippen LogP contribution in [0, 0.1) is 0 Å². The molecule has 4 aromatic rings. The second-order valence-electron chi connectivity index (χ2n) is 9.34. The number of rotatable bonds is 9. The molecule has 0 unspecified atom stereocenters. The van der Waals surface area contributed by atoms with Crippen LogP contribution in [-0.2, 0) is 31.2 Å². The summed E-state index contributed by atoms with van der Waals surface area (Å²) in [6, 6.07) is 17.3. The van der Waals surface area contributed by atoms with Gasteiger partial charge in [-0.3, -0.25) is 28.9 Å². The first kappa shape index (κ1) is 26.4. The normalized spacial score (nSPS) is 14.6. The molecule has 1 aliphatic heterocycles. The highest BCUT2D eigenvalue weighted by atomic mass is 32.2. The van der Waals surface area contributed by atoms with Crippen molar-refractivity contribution in [1.82, 2.24) is 24.6 Å². The van der Waals surface area contributed by atoms with Gasteiger partial charge in [0, 0.05) is 13.5 Å². The molecule has 0 bridgehead atoms. The highest BCUT2D eigenvalue weighted by Crippen LogP contribution is 2.32. The van der Waals surface area contributed by atoms with Crippen LogP contribution >= 0.6 is 11.8 Å². The van der Waals surface area contributed by atoms with E-state index < -0.39 is 0 Å². The molecule has 1 aliphatic rings. The topological polar surface area (TPSA) is 108 Å². The number of allylic oxidation sites excluding steroid dienone is 1. The molecule has 3 heterocycles. The molecule has 0 spiro atoms. The molecular weight excluding hydrogens is 514 g/mol. The van der Waals surface area contributed by atoms with E-state index in [9.17, 15) is 14.4 Å². The molecule has 2 amide bonds. The van der Waals surface area contributed by atoms with Gasteiger partial charge in [-0.05, 0) is 53.9 Å². The van der Waals surface area contributed by atoms with Crippen LogP contribution in [-0.4, -0.2) is 37.1 Å². The minimum Gasteiger partial charge on any atom is -0.492 e. The number of nitrogens with one attached hydrogen (secondary N) is 1. The molecule has 9 nitrogen and oxygen atoms in total. The van der Waals surface area contributed by atoms with Crippen molar-refractivity contribution in [3.63, 3.8) is 0 Å². The number of imide groups is 1. The van der Waals surface area contributed by atoms with Gasteiger partial charge in [0.15, 0.2) is 5.52 Å². The molecule has 0 aliphatic carbocycles. The molecule has 200 valence electrons. The fraction of sp³-hybridized carbons (Fsp3) is 0.276. The molecular formula is C29H29N5O4S. The number of nitrogens with zero attached hydrogens (tertiary/aromatic N) is 4. The summed E-state index contributed by atoms with van der Waals surface area (Å²) in [4.78, 5) is 42.5. The van der Waals surface area contributed by atoms with Gasteiger partial charge in [-0.25, -0.2) is 4.98 Å². The predicted octanol–water partition coefficient (Wildman–Crippen LogP) is 4.47. The number of benzene rings is 2. The zero-order valence-corrected chi connectivity index (χ0v) is 22.9. The zero-order chi connectivity index (χ0) is 27.5. The highest BCUT2D eigenvalue weighted by Gasteiger charge is 2.27. The van der Waals surface area contributed by atoms with Gasteiger partial charge < -0.3 is 4.74 Å². The summed E-state index contributed by atoms with van der Waals surface area (Å²) in [7, 11) is 1.78. The quantitative estimate of drug-likeness (QED) is 0.311. The molecule has 1 saturated heterocycles. The summed E-state index contributed by atoms with van der Waals surface area (Å²) in [5.74, 6) is 0.932. The first-order chi connectivity index (χ1) is 18.9. The number of carbonyl (C=O) groups is 2. The smallest absolute Gasteiger partial charge is 0.290 e. The Labute approximate surface area is 229 Å². The van der Waals surface area contributed by atoms with Crippen LogP contribution in [0.15, 0.2) is 64.3 Å². The maximum atomic E-state index is 13.7. The van der Waals surface area contributed by atoms with Crippen LogP contribution in [0.25, 0.3) is 16.6 Å². The van der Waals surface area contributed by atoms with Crippen molar-refractivity contribution in [2.75, 3.05) is 6.61 Å². The molecule has 0 radical (unpaired) electrons. The second-order valence-corrected chi connectivity index (χ2v) is 10.3. The Bertz CT molecular complexity index is 1640. The lowest BCUT2D eigenvalue weighted by Crippen LogP contribution is -2.29. The Hall–Kier alpha value is -4.18. The maximum Gasteiger partial charge on any atom is 0.290 e. The van der Waals surface area contributed by atoms with E-state index in [0.29, 0.717) is 40.5 Å². The number of carbonyl (C=O) groups excluding carboxylic acids is 2. The van der Waals surface area contributed by atoms with Crippen LogP contribution in [0.5, 0.6) is 5.75 Å². The summed E-state index contributed by atoms with van der Waals surface area (Å²) in [5.41, 5.74) is 4.49. The van der Waals surface area contributed by atoms with Gasteiger partial charge >= 0.3 is 0 Å². The number of fused-ring (bicyclic) bond motifs is 1. The molecule has 2 aromatic carbocycles. The van der Waals surface area contributed by atoms with Crippen molar-refractivity contribution in [2.45, 2.75) is 39.7 Å². The number of aromatic nitrogens is 4. The third-order valence-corrected chi connectivity index (χ3v) is 7.60. The SMILES string of the molecule is CCCc1nn(C)c2c(=O)n(CCOc3ccc(/C(C)=C4/SC(=O)NC4=O)cc3)c(Cc3ccccc3)nc12. The van der Waals surface area contributed by atoms with E-state index in [1.807, 2.05) is 61.5 Å². The van der Waals surface area contributed by atoms with Gasteiger partial charge in [0.1, 0.15) is 23.7 Å². The standard InChI is InChI=1S/C29H29N5O4S/c1-4-8-22-24-25(33(3)32-22)28(36)34(23(30-24)17-19-9-6-5-7-10-19)15-16-38-21-13-11-20(12-14-21)18(2)26-27(35)31-29(37)39-26/h5-7,9-14H,4,8,15-17H2,1-3H3,(H,31,35,37)/b26-18+. The van der Waals surface area contributed by atoms with Crippen molar-refractivity contribution in [1.29, 1.82) is 0 Å². The van der Waals surface area contributed by atoms with E-state index in [4.69, 9.17) is 9.72 Å². The molecule has 0 saturated carbocycles.